The van der Waals surface area contributed by atoms with Gasteiger partial charge in [-0.1, -0.05) is 12.1 Å². The molecular formula is C16H21N3O2. The lowest BCUT2D eigenvalue weighted by atomic mass is 10.1. The number of amides is 1. The van der Waals surface area contributed by atoms with Gasteiger partial charge in [0.25, 0.3) is 0 Å². The van der Waals surface area contributed by atoms with Crippen LogP contribution in [0.15, 0.2) is 24.3 Å². The van der Waals surface area contributed by atoms with E-state index in [-0.39, 0.29) is 12.0 Å². The van der Waals surface area contributed by atoms with Gasteiger partial charge < -0.3 is 15.0 Å². The van der Waals surface area contributed by atoms with Crippen LogP contribution in [0, 0.1) is 0 Å². The van der Waals surface area contributed by atoms with Crippen LogP contribution in [0.5, 0.6) is 0 Å². The molecule has 1 amide bonds. The first-order valence-electron chi connectivity index (χ1n) is 7.63. The maximum absolute atomic E-state index is 11.9. The van der Waals surface area contributed by atoms with Crippen molar-refractivity contribution in [3.63, 3.8) is 0 Å². The summed E-state index contributed by atoms with van der Waals surface area (Å²) in [6.07, 6.45) is 4.56. The fourth-order valence-corrected chi connectivity index (χ4v) is 2.69. The summed E-state index contributed by atoms with van der Waals surface area (Å²) in [4.78, 5) is 19.6. The van der Waals surface area contributed by atoms with Crippen molar-refractivity contribution in [2.75, 3.05) is 13.2 Å². The maximum Gasteiger partial charge on any atom is 0.222 e. The van der Waals surface area contributed by atoms with Crippen molar-refractivity contribution in [1.82, 2.24) is 15.3 Å². The Kier molecular flexibility index (Phi) is 4.50. The van der Waals surface area contributed by atoms with Crippen LogP contribution in [0.3, 0.4) is 0 Å². The molecule has 21 heavy (non-hydrogen) atoms. The Bertz CT molecular complexity index is 569. The van der Waals surface area contributed by atoms with E-state index in [4.69, 9.17) is 4.74 Å². The molecule has 0 saturated carbocycles. The maximum atomic E-state index is 11.9. The molecule has 2 aromatic rings. The van der Waals surface area contributed by atoms with Crippen LogP contribution in [0.25, 0.3) is 11.0 Å². The molecular weight excluding hydrogens is 266 g/mol. The van der Waals surface area contributed by atoms with Gasteiger partial charge in [0, 0.05) is 19.6 Å². The smallest absolute Gasteiger partial charge is 0.222 e. The molecule has 1 aromatic carbocycles. The van der Waals surface area contributed by atoms with E-state index in [0.717, 1.165) is 42.7 Å². The Morgan fingerprint density at radius 2 is 2.29 bits per heavy atom. The van der Waals surface area contributed by atoms with Gasteiger partial charge in [-0.2, -0.15) is 0 Å². The predicted octanol–water partition coefficient (Wildman–Crippen LogP) is 2.18. The summed E-state index contributed by atoms with van der Waals surface area (Å²) < 4.78 is 5.57. The molecule has 1 aliphatic rings. The van der Waals surface area contributed by atoms with Crippen LogP contribution in [-0.2, 0) is 16.0 Å². The van der Waals surface area contributed by atoms with E-state index < -0.39 is 0 Å². The number of carbonyl (C=O) groups excluding carboxylic acids is 1. The van der Waals surface area contributed by atoms with Crippen molar-refractivity contribution in [3.05, 3.63) is 30.1 Å². The van der Waals surface area contributed by atoms with Crippen molar-refractivity contribution in [1.29, 1.82) is 0 Å². The Morgan fingerprint density at radius 3 is 3.10 bits per heavy atom. The van der Waals surface area contributed by atoms with Gasteiger partial charge >= 0.3 is 0 Å². The molecule has 1 aliphatic heterocycles. The van der Waals surface area contributed by atoms with E-state index in [1.807, 2.05) is 24.3 Å². The van der Waals surface area contributed by atoms with Gasteiger partial charge in [0.05, 0.1) is 23.6 Å². The van der Waals surface area contributed by atoms with E-state index in [1.54, 1.807) is 0 Å². The number of aromatic amines is 1. The summed E-state index contributed by atoms with van der Waals surface area (Å²) in [5.41, 5.74) is 2.00. The Hall–Kier alpha value is -1.88. The molecule has 1 atom stereocenters. The highest BCUT2D eigenvalue weighted by molar-refractivity contribution is 5.76. The number of aromatic nitrogens is 2. The van der Waals surface area contributed by atoms with E-state index in [0.29, 0.717) is 19.4 Å². The first-order chi connectivity index (χ1) is 10.3. The third-order valence-corrected chi connectivity index (χ3v) is 3.81. The lowest BCUT2D eigenvalue weighted by molar-refractivity contribution is -0.124. The zero-order valence-electron chi connectivity index (χ0n) is 12.1. The molecule has 5 nitrogen and oxygen atoms in total. The molecule has 1 aromatic heterocycles. The van der Waals surface area contributed by atoms with Crippen LogP contribution in [0.4, 0.5) is 0 Å². The quantitative estimate of drug-likeness (QED) is 0.885. The number of para-hydroxylation sites is 2. The van der Waals surface area contributed by atoms with E-state index in [9.17, 15) is 4.79 Å². The van der Waals surface area contributed by atoms with Crippen molar-refractivity contribution in [3.8, 4) is 0 Å². The second-order valence-electron chi connectivity index (χ2n) is 5.49. The van der Waals surface area contributed by atoms with Crippen molar-refractivity contribution in [2.24, 2.45) is 0 Å². The minimum atomic E-state index is 0.0676. The second-order valence-corrected chi connectivity index (χ2v) is 5.49. The van der Waals surface area contributed by atoms with Gasteiger partial charge in [-0.25, -0.2) is 4.98 Å². The highest BCUT2D eigenvalue weighted by Gasteiger charge is 2.17. The Labute approximate surface area is 124 Å². The number of fused-ring (bicyclic) bond motifs is 1. The standard InChI is InChI=1S/C16H21N3O2/c20-16(11-12-5-3-4-10-21-12)17-9-8-15-18-13-6-1-2-7-14(13)19-15/h1-2,6-7,12H,3-5,8-11H2,(H,17,20)(H,18,19). The predicted molar refractivity (Wildman–Crippen MR) is 81.0 cm³/mol. The average molecular weight is 287 g/mol. The number of nitrogens with one attached hydrogen (secondary N) is 2. The summed E-state index contributed by atoms with van der Waals surface area (Å²) in [5.74, 6) is 0.975. The second kappa shape index (κ2) is 6.72. The van der Waals surface area contributed by atoms with Gasteiger partial charge in [0.2, 0.25) is 5.91 Å². The van der Waals surface area contributed by atoms with Gasteiger partial charge in [-0.3, -0.25) is 4.79 Å². The molecule has 0 aliphatic carbocycles. The van der Waals surface area contributed by atoms with Crippen molar-refractivity contribution < 1.29 is 9.53 Å². The minimum absolute atomic E-state index is 0.0676. The number of hydrogen-bond acceptors (Lipinski definition) is 3. The largest absolute Gasteiger partial charge is 0.378 e. The zero-order valence-corrected chi connectivity index (χ0v) is 12.1. The van der Waals surface area contributed by atoms with E-state index in [1.165, 1.54) is 0 Å². The SMILES string of the molecule is O=C(CC1CCCCO1)NCCc1nc2ccccc2[nH]1. The first kappa shape index (κ1) is 14.1. The van der Waals surface area contributed by atoms with Crippen LogP contribution in [0.1, 0.15) is 31.5 Å². The summed E-state index contributed by atoms with van der Waals surface area (Å²) in [6, 6.07) is 7.94. The van der Waals surface area contributed by atoms with E-state index >= 15 is 0 Å². The van der Waals surface area contributed by atoms with Gasteiger partial charge in [-0.05, 0) is 31.4 Å². The third kappa shape index (κ3) is 3.82. The molecule has 5 heteroatoms. The monoisotopic (exact) mass is 287 g/mol. The number of benzene rings is 1. The molecule has 0 radical (unpaired) electrons. The number of H-pyrrole nitrogens is 1. The molecule has 3 rings (SSSR count). The summed E-state index contributed by atoms with van der Waals surface area (Å²) in [5, 5.41) is 2.94. The summed E-state index contributed by atoms with van der Waals surface area (Å²) >= 11 is 0. The lowest BCUT2D eigenvalue weighted by Crippen LogP contribution is -2.31. The Balaban J connectivity index is 1.43. The topological polar surface area (TPSA) is 67.0 Å². The van der Waals surface area contributed by atoms with Crippen LogP contribution >= 0.6 is 0 Å². The highest BCUT2D eigenvalue weighted by atomic mass is 16.5. The van der Waals surface area contributed by atoms with Gasteiger partial charge in [0.15, 0.2) is 0 Å². The van der Waals surface area contributed by atoms with E-state index in [2.05, 4.69) is 15.3 Å². The molecule has 0 bridgehead atoms. The molecule has 2 heterocycles. The number of carbonyl (C=O) groups is 1. The van der Waals surface area contributed by atoms with Gasteiger partial charge in [0.1, 0.15) is 5.82 Å². The zero-order chi connectivity index (χ0) is 14.5. The van der Waals surface area contributed by atoms with Crippen molar-refractivity contribution in [2.45, 2.75) is 38.2 Å². The molecule has 0 spiro atoms. The molecule has 2 N–H and O–H groups in total. The fraction of sp³-hybridized carbons (Fsp3) is 0.500. The normalized spacial score (nSPS) is 18.8. The molecule has 1 unspecified atom stereocenters. The van der Waals surface area contributed by atoms with Crippen LogP contribution in [0.2, 0.25) is 0 Å². The van der Waals surface area contributed by atoms with Crippen LogP contribution < -0.4 is 5.32 Å². The third-order valence-electron chi connectivity index (χ3n) is 3.81. The average Bonchev–Trinajstić information content (AvgIpc) is 2.91. The Morgan fingerprint density at radius 1 is 1.38 bits per heavy atom. The highest BCUT2D eigenvalue weighted by Crippen LogP contribution is 2.15. The van der Waals surface area contributed by atoms with Crippen LogP contribution in [-0.4, -0.2) is 35.1 Å². The number of hydrogen-bond donors (Lipinski definition) is 2. The first-order valence-corrected chi connectivity index (χ1v) is 7.63. The lowest BCUT2D eigenvalue weighted by Gasteiger charge is -2.21. The fourth-order valence-electron chi connectivity index (χ4n) is 2.69. The number of ether oxygens (including phenoxy) is 1. The van der Waals surface area contributed by atoms with Gasteiger partial charge in [-0.15, -0.1) is 0 Å². The molecule has 1 saturated heterocycles. The number of rotatable bonds is 5. The molecule has 112 valence electrons. The minimum Gasteiger partial charge on any atom is -0.378 e. The summed E-state index contributed by atoms with van der Waals surface area (Å²) in [7, 11) is 0. The number of nitrogens with zero attached hydrogens (tertiary/aromatic N) is 1. The number of imidazole rings is 1. The van der Waals surface area contributed by atoms with Crippen molar-refractivity contribution >= 4 is 16.9 Å². The summed E-state index contributed by atoms with van der Waals surface area (Å²) in [6.45, 7) is 1.39. The molecule has 1 fully saturated rings.